The number of aromatic amines is 1. The lowest BCUT2D eigenvalue weighted by Gasteiger charge is -2.16. The molecule has 0 atom stereocenters. The number of H-pyrrole nitrogens is 1. The second-order valence-corrected chi connectivity index (χ2v) is 6.44. The van der Waals surface area contributed by atoms with Gasteiger partial charge < -0.3 is 9.64 Å². The Hall–Kier alpha value is -2.81. The largest absolute Gasteiger partial charge is 0.573 e. The maximum absolute atomic E-state index is 12.5. The first kappa shape index (κ1) is 18.0. The molecule has 0 unspecified atom stereocenters. The van der Waals surface area contributed by atoms with Gasteiger partial charge in [-0.05, 0) is 35.2 Å². The molecule has 3 rings (SSSR count). The lowest BCUT2D eigenvalue weighted by Crippen LogP contribution is -2.26. The number of hydrogen-bond acceptors (Lipinski definition) is 4. The van der Waals surface area contributed by atoms with Gasteiger partial charge in [0.05, 0.1) is 10.6 Å². The van der Waals surface area contributed by atoms with Crippen LogP contribution in [-0.4, -0.2) is 34.4 Å². The number of alkyl halides is 3. The topological polar surface area (TPSA) is 58.2 Å². The first-order chi connectivity index (χ1) is 12.3. The van der Waals surface area contributed by atoms with Crippen LogP contribution in [0, 0.1) is 0 Å². The fraction of sp³-hybridized carbons (Fsp3) is 0.176. The molecule has 0 fully saturated rings. The molecule has 0 saturated carbocycles. The fourth-order valence-corrected chi connectivity index (χ4v) is 3.02. The maximum atomic E-state index is 12.5. The van der Waals surface area contributed by atoms with Gasteiger partial charge in [0.25, 0.3) is 5.91 Å². The lowest BCUT2D eigenvalue weighted by molar-refractivity contribution is -0.274. The van der Waals surface area contributed by atoms with E-state index in [0.717, 1.165) is 10.6 Å². The van der Waals surface area contributed by atoms with Crippen LogP contribution in [0.5, 0.6) is 5.75 Å². The van der Waals surface area contributed by atoms with Crippen LogP contribution in [0.3, 0.4) is 0 Å². The normalized spacial score (nSPS) is 11.4. The van der Waals surface area contributed by atoms with Gasteiger partial charge in [0.15, 0.2) is 5.69 Å². The zero-order chi connectivity index (χ0) is 18.7. The molecule has 5 nitrogen and oxygen atoms in total. The average molecular weight is 381 g/mol. The molecule has 0 bridgehead atoms. The number of nitrogens with one attached hydrogen (secondary N) is 1. The molecule has 3 aromatic rings. The summed E-state index contributed by atoms with van der Waals surface area (Å²) in [5.41, 5.74) is 1.70. The van der Waals surface area contributed by atoms with E-state index in [2.05, 4.69) is 14.9 Å². The lowest BCUT2D eigenvalue weighted by atomic mass is 10.2. The number of halogens is 3. The maximum Gasteiger partial charge on any atom is 0.573 e. The Labute approximate surface area is 151 Å². The van der Waals surface area contributed by atoms with Crippen molar-refractivity contribution in [3.05, 3.63) is 59.1 Å². The monoisotopic (exact) mass is 381 g/mol. The minimum absolute atomic E-state index is 0.228. The number of carbonyl (C=O) groups excluding carboxylic acids is 1. The van der Waals surface area contributed by atoms with Gasteiger partial charge in [-0.25, -0.2) is 0 Å². The Kier molecular flexibility index (Phi) is 4.99. The van der Waals surface area contributed by atoms with Crippen molar-refractivity contribution in [2.75, 3.05) is 7.05 Å². The second kappa shape index (κ2) is 7.20. The van der Waals surface area contributed by atoms with Crippen molar-refractivity contribution in [3.63, 3.8) is 0 Å². The number of thiophene rings is 1. The van der Waals surface area contributed by atoms with Gasteiger partial charge in [0, 0.05) is 13.6 Å². The Morgan fingerprint density at radius 2 is 2.00 bits per heavy atom. The van der Waals surface area contributed by atoms with E-state index in [1.165, 1.54) is 40.5 Å². The molecule has 1 amide bonds. The Morgan fingerprint density at radius 3 is 2.62 bits per heavy atom. The zero-order valence-electron chi connectivity index (χ0n) is 13.6. The highest BCUT2D eigenvalue weighted by molar-refractivity contribution is 7.13. The van der Waals surface area contributed by atoms with E-state index in [4.69, 9.17) is 0 Å². The van der Waals surface area contributed by atoms with Crippen LogP contribution in [0.25, 0.3) is 10.6 Å². The third-order valence-corrected chi connectivity index (χ3v) is 4.41. The number of ether oxygens (including phenoxy) is 1. The summed E-state index contributed by atoms with van der Waals surface area (Å²) in [6.45, 7) is 0.228. The summed E-state index contributed by atoms with van der Waals surface area (Å²) in [6, 6.07) is 10.9. The first-order valence-electron chi connectivity index (χ1n) is 7.51. The highest BCUT2D eigenvalue weighted by Gasteiger charge is 2.31. The van der Waals surface area contributed by atoms with Crippen LogP contribution in [0.2, 0.25) is 0 Å². The number of benzene rings is 1. The standard InChI is InChI=1S/C17H14F3N3O2S/c1-23(10-11-4-6-12(7-5-11)25-17(18,19)20)16(24)14-9-13(21-22-14)15-3-2-8-26-15/h2-9H,10H2,1H3,(H,21,22). The van der Waals surface area contributed by atoms with Crippen molar-refractivity contribution >= 4 is 17.2 Å². The summed E-state index contributed by atoms with van der Waals surface area (Å²) in [7, 11) is 1.60. The van der Waals surface area contributed by atoms with Crippen LogP contribution in [-0.2, 0) is 6.54 Å². The Balaban J connectivity index is 1.64. The van der Waals surface area contributed by atoms with Gasteiger partial charge >= 0.3 is 6.36 Å². The Bertz CT molecular complexity index is 874. The molecule has 136 valence electrons. The average Bonchev–Trinajstić information content (AvgIpc) is 3.25. The van der Waals surface area contributed by atoms with Crippen molar-refractivity contribution in [2.45, 2.75) is 12.9 Å². The van der Waals surface area contributed by atoms with Gasteiger partial charge in [-0.2, -0.15) is 5.10 Å². The smallest absolute Gasteiger partial charge is 0.406 e. The molecule has 9 heteroatoms. The minimum Gasteiger partial charge on any atom is -0.406 e. The second-order valence-electron chi connectivity index (χ2n) is 5.50. The molecule has 26 heavy (non-hydrogen) atoms. The van der Waals surface area contributed by atoms with Crippen LogP contribution >= 0.6 is 11.3 Å². The SMILES string of the molecule is CN(Cc1ccc(OC(F)(F)F)cc1)C(=O)c1cc(-c2cccs2)[nH]n1. The summed E-state index contributed by atoms with van der Waals surface area (Å²) in [6.07, 6.45) is -4.73. The number of carbonyl (C=O) groups is 1. The van der Waals surface area contributed by atoms with Crippen LogP contribution in [0.1, 0.15) is 16.1 Å². The Morgan fingerprint density at radius 1 is 1.27 bits per heavy atom. The van der Waals surface area contributed by atoms with E-state index in [-0.39, 0.29) is 23.9 Å². The quantitative estimate of drug-likeness (QED) is 0.717. The molecule has 0 aliphatic carbocycles. The van der Waals surface area contributed by atoms with Crippen LogP contribution in [0.15, 0.2) is 47.8 Å². The summed E-state index contributed by atoms with van der Waals surface area (Å²) in [4.78, 5) is 14.9. The van der Waals surface area contributed by atoms with E-state index in [1.807, 2.05) is 17.5 Å². The number of nitrogens with zero attached hydrogens (tertiary/aromatic N) is 2. The number of hydrogen-bond donors (Lipinski definition) is 1. The molecule has 1 aromatic carbocycles. The molecule has 0 radical (unpaired) electrons. The van der Waals surface area contributed by atoms with Crippen LogP contribution < -0.4 is 4.74 Å². The molecule has 2 heterocycles. The molecular formula is C17H14F3N3O2S. The van der Waals surface area contributed by atoms with E-state index < -0.39 is 6.36 Å². The molecule has 0 aliphatic heterocycles. The third-order valence-electron chi connectivity index (χ3n) is 3.51. The summed E-state index contributed by atoms with van der Waals surface area (Å²) < 4.78 is 40.3. The first-order valence-corrected chi connectivity index (χ1v) is 8.39. The number of rotatable bonds is 5. The van der Waals surface area contributed by atoms with Crippen molar-refractivity contribution in [3.8, 4) is 16.3 Å². The fourth-order valence-electron chi connectivity index (χ4n) is 2.33. The predicted molar refractivity (Wildman–Crippen MR) is 90.8 cm³/mol. The van der Waals surface area contributed by atoms with Gasteiger partial charge in [0.1, 0.15) is 5.75 Å². The molecule has 0 saturated heterocycles. The van der Waals surface area contributed by atoms with Crippen molar-refractivity contribution in [1.82, 2.24) is 15.1 Å². The van der Waals surface area contributed by atoms with E-state index >= 15 is 0 Å². The van der Waals surface area contributed by atoms with E-state index in [0.29, 0.717) is 5.56 Å². The molecular weight excluding hydrogens is 367 g/mol. The summed E-state index contributed by atoms with van der Waals surface area (Å²) >= 11 is 1.53. The van der Waals surface area contributed by atoms with Crippen LogP contribution in [0.4, 0.5) is 13.2 Å². The van der Waals surface area contributed by atoms with Gasteiger partial charge in [-0.3, -0.25) is 9.89 Å². The number of amides is 1. The van der Waals surface area contributed by atoms with Crippen molar-refractivity contribution < 1.29 is 22.7 Å². The van der Waals surface area contributed by atoms with Gasteiger partial charge in [0.2, 0.25) is 0 Å². The highest BCUT2D eigenvalue weighted by atomic mass is 32.1. The van der Waals surface area contributed by atoms with Crippen molar-refractivity contribution in [2.24, 2.45) is 0 Å². The summed E-state index contributed by atoms with van der Waals surface area (Å²) in [5, 5.41) is 8.79. The highest BCUT2D eigenvalue weighted by Crippen LogP contribution is 2.24. The zero-order valence-corrected chi connectivity index (χ0v) is 14.4. The molecule has 0 aliphatic rings. The van der Waals surface area contributed by atoms with Crippen molar-refractivity contribution in [1.29, 1.82) is 0 Å². The van der Waals surface area contributed by atoms with Gasteiger partial charge in [-0.1, -0.05) is 18.2 Å². The number of aromatic nitrogens is 2. The molecule has 1 N–H and O–H groups in total. The molecule has 0 spiro atoms. The van der Waals surface area contributed by atoms with E-state index in [9.17, 15) is 18.0 Å². The third kappa shape index (κ3) is 4.42. The summed E-state index contributed by atoms with van der Waals surface area (Å²) in [5.74, 6) is -0.595. The van der Waals surface area contributed by atoms with Gasteiger partial charge in [-0.15, -0.1) is 24.5 Å². The molecule has 2 aromatic heterocycles. The van der Waals surface area contributed by atoms with E-state index in [1.54, 1.807) is 13.1 Å². The predicted octanol–water partition coefficient (Wildman–Crippen LogP) is 4.31. The minimum atomic E-state index is -4.73.